The molecule has 1 spiro atoms. The number of carbonyl (C=O) groups is 3. The minimum atomic E-state index is -0.276. The molecule has 4 heterocycles. The lowest BCUT2D eigenvalue weighted by Crippen LogP contribution is -2.58. The fourth-order valence-corrected chi connectivity index (χ4v) is 8.60. The molecule has 14 heteroatoms. The van der Waals surface area contributed by atoms with Crippen LogP contribution in [0.2, 0.25) is 0 Å². The molecule has 1 aromatic heterocycles. The van der Waals surface area contributed by atoms with Crippen LogP contribution in [0.3, 0.4) is 0 Å². The van der Waals surface area contributed by atoms with Crippen molar-refractivity contribution in [2.24, 2.45) is 0 Å². The number of likely N-dealkylation sites (tertiary alicyclic amines) is 1. The van der Waals surface area contributed by atoms with Crippen molar-refractivity contribution in [1.29, 1.82) is 0 Å². The quantitative estimate of drug-likeness (QED) is 0.0913. The number of unbranched alkanes of at least 4 members (excludes halogenated alkanes) is 1. The molecule has 3 aliphatic rings. The minimum Gasteiger partial charge on any atom is -0.506 e. The third-order valence-electron chi connectivity index (χ3n) is 11.2. The van der Waals surface area contributed by atoms with E-state index in [0.717, 1.165) is 68.9 Å². The van der Waals surface area contributed by atoms with Gasteiger partial charge in [0.25, 0.3) is 11.8 Å². The maximum absolute atomic E-state index is 12.8. The summed E-state index contributed by atoms with van der Waals surface area (Å²) in [7, 11) is 0. The highest BCUT2D eigenvalue weighted by Gasteiger charge is 2.41. The summed E-state index contributed by atoms with van der Waals surface area (Å²) >= 11 is 1.59. The van der Waals surface area contributed by atoms with Gasteiger partial charge in [-0.05, 0) is 75.7 Å². The monoisotopic (exact) mass is 848 g/mol. The number of benzene rings is 2. The molecular weight excluding hydrogens is 781 g/mol. The van der Waals surface area contributed by atoms with Gasteiger partial charge in [0.15, 0.2) is 12.4 Å². The average Bonchev–Trinajstić information content (AvgIpc) is 3.75. The molecule has 0 unspecified atom stereocenters. The Morgan fingerprint density at radius 2 is 1.88 bits per heavy atom. The predicted octanol–water partition coefficient (Wildman–Crippen LogP) is 6.43. The Hall–Kier alpha value is -4.08. The van der Waals surface area contributed by atoms with Gasteiger partial charge in [-0.2, -0.15) is 0 Å². The van der Waals surface area contributed by atoms with Crippen LogP contribution in [0.15, 0.2) is 41.8 Å². The van der Waals surface area contributed by atoms with Crippen molar-refractivity contribution in [3.8, 4) is 11.5 Å². The van der Waals surface area contributed by atoms with Crippen LogP contribution in [0, 0.1) is 6.92 Å². The van der Waals surface area contributed by atoms with E-state index >= 15 is 0 Å². The highest BCUT2D eigenvalue weighted by atomic mass is 32.1. The third kappa shape index (κ3) is 14.0. The fourth-order valence-electron chi connectivity index (χ4n) is 7.79. The second-order valence-corrected chi connectivity index (χ2v) is 17.3. The van der Waals surface area contributed by atoms with Crippen LogP contribution in [0.5, 0.6) is 11.5 Å². The largest absolute Gasteiger partial charge is 0.506 e. The van der Waals surface area contributed by atoms with Gasteiger partial charge in [0, 0.05) is 50.6 Å². The van der Waals surface area contributed by atoms with Crippen LogP contribution in [0.25, 0.3) is 0 Å². The zero-order valence-corrected chi connectivity index (χ0v) is 37.4. The Kier molecular flexibility index (Phi) is 18.6. The zero-order valence-electron chi connectivity index (χ0n) is 36.6. The number of nitrogens with one attached hydrogen (secondary N) is 2. The number of phenolic OH excluding ortho intramolecular Hbond substituents is 1. The molecule has 0 atom stereocenters. The number of thiazole rings is 1. The first-order chi connectivity index (χ1) is 29.0. The summed E-state index contributed by atoms with van der Waals surface area (Å²) in [5.74, 6) is 0.809. The number of aromatic nitrogens is 1. The maximum atomic E-state index is 12.8. The number of aromatic hydroxyl groups is 1. The molecule has 2 saturated heterocycles. The van der Waals surface area contributed by atoms with Gasteiger partial charge >= 0.3 is 0 Å². The number of ether oxygens (including phenoxy) is 3. The van der Waals surface area contributed by atoms with E-state index in [2.05, 4.69) is 79.4 Å². The summed E-state index contributed by atoms with van der Waals surface area (Å²) in [6, 6.07) is 11.8. The summed E-state index contributed by atoms with van der Waals surface area (Å²) < 4.78 is 17.4. The van der Waals surface area contributed by atoms with E-state index in [9.17, 15) is 19.5 Å². The molecule has 13 nitrogen and oxygen atoms in total. The number of morpholine rings is 1. The third-order valence-corrected chi connectivity index (χ3v) is 12.4. The van der Waals surface area contributed by atoms with Crippen LogP contribution in [-0.2, 0) is 31.9 Å². The normalized spacial score (nSPS) is 16.2. The fraction of sp³-hybridized carbons (Fsp3) is 0.609. The van der Waals surface area contributed by atoms with Crippen molar-refractivity contribution in [1.82, 2.24) is 25.0 Å². The van der Waals surface area contributed by atoms with Gasteiger partial charge in [0.1, 0.15) is 17.1 Å². The Morgan fingerprint density at radius 1 is 1.07 bits per heavy atom. The number of anilines is 1. The lowest BCUT2D eigenvalue weighted by atomic mass is 9.89. The highest BCUT2D eigenvalue weighted by Crippen LogP contribution is 2.39. The summed E-state index contributed by atoms with van der Waals surface area (Å²) in [6.45, 7) is 19.7. The standard InChI is InChI=1S/C28H39N3O5.C18H29N3O2S/c1-3-4-15-31(26(34)12-18-35-17-11-22-7-5-6-21(2)19-22)16-14-29-13-10-23-8-9-24(32)27-28(23)36-20-25(33)30-27;1-4-7-20-8-5-18(6-9-20)13-21(10-11-23-18)17(22)15-12-24-16(19-15)14(2)3/h5-9,19,29,32H,3-4,10-18,20H2,1-2H3,(H,30,33);12,14H,4-11,13H2,1-3H3. The van der Waals surface area contributed by atoms with Crippen LogP contribution >= 0.6 is 11.3 Å². The molecular formula is C46H68N6O7S. The summed E-state index contributed by atoms with van der Waals surface area (Å²) in [5.41, 5.74) is 4.20. The Morgan fingerprint density at radius 3 is 2.62 bits per heavy atom. The zero-order chi connectivity index (χ0) is 42.9. The van der Waals surface area contributed by atoms with Crippen LogP contribution in [-0.4, -0.2) is 133 Å². The first-order valence-electron chi connectivity index (χ1n) is 22.0. The first-order valence-corrected chi connectivity index (χ1v) is 22.9. The molecule has 3 aromatic rings. The van der Waals surface area contributed by atoms with Crippen molar-refractivity contribution in [2.45, 2.75) is 97.5 Å². The molecule has 330 valence electrons. The van der Waals surface area contributed by atoms with E-state index in [1.165, 1.54) is 17.5 Å². The van der Waals surface area contributed by atoms with Crippen molar-refractivity contribution in [3.63, 3.8) is 0 Å². The van der Waals surface area contributed by atoms with E-state index in [1.54, 1.807) is 17.4 Å². The number of nitrogens with zero attached hydrogens (tertiary/aromatic N) is 4. The number of aryl methyl sites for hydroxylation is 1. The smallest absolute Gasteiger partial charge is 0.273 e. The van der Waals surface area contributed by atoms with Gasteiger partial charge in [0.2, 0.25) is 5.91 Å². The SMILES string of the molecule is CCCCN(CCNCCc1ccc(O)c2c1OCC(=O)N2)C(=O)CCOCCc1cccc(C)c1.CCCN1CCC2(CC1)CN(C(=O)c1csc(C(C)C)n1)CCO2. The lowest BCUT2D eigenvalue weighted by Gasteiger charge is -2.47. The van der Waals surface area contributed by atoms with Gasteiger partial charge in [-0.25, -0.2) is 4.98 Å². The number of amides is 3. The van der Waals surface area contributed by atoms with E-state index in [4.69, 9.17) is 14.2 Å². The molecule has 0 aliphatic carbocycles. The van der Waals surface area contributed by atoms with Crippen LogP contribution in [0.1, 0.15) is 104 Å². The Labute approximate surface area is 361 Å². The van der Waals surface area contributed by atoms with E-state index in [1.807, 2.05) is 21.2 Å². The summed E-state index contributed by atoms with van der Waals surface area (Å²) in [4.78, 5) is 48.1. The maximum Gasteiger partial charge on any atom is 0.273 e. The number of hydrogen-bond donors (Lipinski definition) is 3. The molecule has 3 aliphatic heterocycles. The first kappa shape index (κ1) is 47.0. The molecule has 0 bridgehead atoms. The van der Waals surface area contributed by atoms with Gasteiger partial charge in [0.05, 0.1) is 43.4 Å². The van der Waals surface area contributed by atoms with Crippen LogP contribution < -0.4 is 15.4 Å². The second kappa shape index (κ2) is 23.8. The summed E-state index contributed by atoms with van der Waals surface area (Å²) in [6.07, 6.45) is 7.16. The molecule has 2 aromatic carbocycles. The predicted molar refractivity (Wildman–Crippen MR) is 237 cm³/mol. The van der Waals surface area contributed by atoms with Crippen molar-refractivity contribution in [2.75, 3.05) is 90.6 Å². The van der Waals surface area contributed by atoms with Gasteiger partial charge in [-0.3, -0.25) is 14.4 Å². The second-order valence-electron chi connectivity index (χ2n) is 16.4. The number of hydrogen-bond acceptors (Lipinski definition) is 11. The number of rotatable bonds is 19. The van der Waals surface area contributed by atoms with E-state index in [0.29, 0.717) is 88.4 Å². The average molecular weight is 849 g/mol. The molecule has 3 N–H and O–H groups in total. The number of piperidine rings is 1. The molecule has 6 rings (SSSR count). The Balaban J connectivity index is 0.000000246. The molecule has 2 fully saturated rings. The Bertz CT molecular complexity index is 1830. The molecule has 0 saturated carbocycles. The van der Waals surface area contributed by atoms with Crippen molar-refractivity contribution >= 4 is 34.7 Å². The molecule has 0 radical (unpaired) electrons. The number of carbonyl (C=O) groups excluding carboxylic acids is 3. The van der Waals surface area contributed by atoms with Crippen molar-refractivity contribution in [3.05, 3.63) is 69.2 Å². The summed E-state index contributed by atoms with van der Waals surface area (Å²) in [5, 5.41) is 19.0. The number of phenols is 1. The minimum absolute atomic E-state index is 0.000944. The highest BCUT2D eigenvalue weighted by molar-refractivity contribution is 7.09. The topological polar surface area (TPSA) is 146 Å². The van der Waals surface area contributed by atoms with Crippen LogP contribution in [0.4, 0.5) is 5.69 Å². The van der Waals surface area contributed by atoms with Crippen molar-refractivity contribution < 1.29 is 33.7 Å². The van der Waals surface area contributed by atoms with Gasteiger partial charge < -0.3 is 44.7 Å². The van der Waals surface area contributed by atoms with E-state index in [-0.39, 0.29) is 35.7 Å². The molecule has 60 heavy (non-hydrogen) atoms. The lowest BCUT2D eigenvalue weighted by molar-refractivity contribution is -0.132. The number of fused-ring (bicyclic) bond motifs is 1. The van der Waals surface area contributed by atoms with Gasteiger partial charge in [-0.1, -0.05) is 70.0 Å². The molecule has 3 amide bonds. The van der Waals surface area contributed by atoms with Gasteiger partial charge in [-0.15, -0.1) is 11.3 Å². The van der Waals surface area contributed by atoms with E-state index < -0.39 is 0 Å².